The average Bonchev–Trinajstić information content (AvgIpc) is 2.27. The Hall–Kier alpha value is -1.10. The van der Waals surface area contributed by atoms with E-state index in [2.05, 4.69) is 5.32 Å². The maximum Gasteiger partial charge on any atom is 0.306 e. The first-order chi connectivity index (χ1) is 8.73. The van der Waals surface area contributed by atoms with Crippen LogP contribution in [0.25, 0.3) is 0 Å². The van der Waals surface area contributed by atoms with E-state index in [0.29, 0.717) is 18.8 Å². The predicted octanol–water partition coefficient (Wildman–Crippen LogP) is 1.76. The summed E-state index contributed by atoms with van der Waals surface area (Å²) in [5.41, 5.74) is 5.79. The fraction of sp³-hybridized carbons (Fsp3) is 0.857. The molecule has 0 rings (SSSR count). The number of carboxylic acids is 1. The highest BCUT2D eigenvalue weighted by atomic mass is 16.4. The molecule has 0 aromatic heterocycles. The van der Waals surface area contributed by atoms with Crippen molar-refractivity contribution in [3.8, 4) is 0 Å². The van der Waals surface area contributed by atoms with Crippen LogP contribution in [0.2, 0.25) is 0 Å². The molecule has 3 atom stereocenters. The van der Waals surface area contributed by atoms with Gasteiger partial charge in [0.15, 0.2) is 0 Å². The molecule has 1 amide bonds. The van der Waals surface area contributed by atoms with Crippen LogP contribution in [0.1, 0.15) is 53.4 Å². The highest BCUT2D eigenvalue weighted by molar-refractivity contribution is 5.81. The van der Waals surface area contributed by atoms with Crippen molar-refractivity contribution in [2.45, 2.75) is 65.5 Å². The molecule has 0 aromatic carbocycles. The minimum atomic E-state index is -0.768. The third-order valence-corrected chi connectivity index (χ3v) is 3.15. The summed E-state index contributed by atoms with van der Waals surface area (Å²) in [7, 11) is 0. The topological polar surface area (TPSA) is 92.4 Å². The van der Waals surface area contributed by atoms with Crippen LogP contribution >= 0.6 is 0 Å². The quantitative estimate of drug-likeness (QED) is 0.596. The van der Waals surface area contributed by atoms with E-state index >= 15 is 0 Å². The molecule has 19 heavy (non-hydrogen) atoms. The number of amides is 1. The number of rotatable bonds is 9. The smallest absolute Gasteiger partial charge is 0.306 e. The predicted molar refractivity (Wildman–Crippen MR) is 75.7 cm³/mol. The zero-order chi connectivity index (χ0) is 15.0. The average molecular weight is 272 g/mol. The van der Waals surface area contributed by atoms with Gasteiger partial charge in [-0.1, -0.05) is 27.2 Å². The Morgan fingerprint density at radius 1 is 1.16 bits per heavy atom. The highest BCUT2D eigenvalue weighted by Crippen LogP contribution is 2.10. The second-order valence-corrected chi connectivity index (χ2v) is 5.82. The van der Waals surface area contributed by atoms with E-state index in [1.807, 2.05) is 20.8 Å². The van der Waals surface area contributed by atoms with Gasteiger partial charge in [0.1, 0.15) is 0 Å². The number of carbonyl (C=O) groups excluding carboxylic acids is 1. The summed E-state index contributed by atoms with van der Waals surface area (Å²) >= 11 is 0. The number of hydrogen-bond donors (Lipinski definition) is 3. The van der Waals surface area contributed by atoms with Gasteiger partial charge >= 0.3 is 5.97 Å². The monoisotopic (exact) mass is 272 g/mol. The van der Waals surface area contributed by atoms with E-state index in [4.69, 9.17) is 10.8 Å². The number of carboxylic acid groups (broad SMARTS) is 1. The van der Waals surface area contributed by atoms with E-state index in [1.54, 1.807) is 6.92 Å². The Morgan fingerprint density at radius 2 is 1.74 bits per heavy atom. The zero-order valence-corrected chi connectivity index (χ0v) is 12.5. The van der Waals surface area contributed by atoms with Gasteiger partial charge in [0.2, 0.25) is 5.91 Å². The Labute approximate surface area is 115 Å². The summed E-state index contributed by atoms with van der Waals surface area (Å²) in [5.74, 6) is -0.818. The Morgan fingerprint density at radius 3 is 2.21 bits per heavy atom. The van der Waals surface area contributed by atoms with Gasteiger partial charge in [-0.3, -0.25) is 9.59 Å². The third kappa shape index (κ3) is 8.59. The normalized spacial score (nSPS) is 15.9. The van der Waals surface area contributed by atoms with E-state index in [1.165, 1.54) is 0 Å². The molecule has 0 heterocycles. The lowest BCUT2D eigenvalue weighted by atomic mass is 10.0. The molecule has 0 fully saturated rings. The maximum absolute atomic E-state index is 11.8. The van der Waals surface area contributed by atoms with Gasteiger partial charge in [-0.2, -0.15) is 0 Å². The molecule has 5 nitrogen and oxygen atoms in total. The molecule has 0 spiro atoms. The largest absolute Gasteiger partial charge is 0.481 e. The van der Waals surface area contributed by atoms with E-state index in [9.17, 15) is 9.59 Å². The summed E-state index contributed by atoms with van der Waals surface area (Å²) in [5, 5.41) is 11.6. The lowest BCUT2D eigenvalue weighted by Gasteiger charge is -2.19. The minimum absolute atomic E-state index is 0.0340. The molecule has 5 heteroatoms. The summed E-state index contributed by atoms with van der Waals surface area (Å²) in [6.07, 6.45) is 2.87. The van der Waals surface area contributed by atoms with Crippen molar-refractivity contribution in [3.63, 3.8) is 0 Å². The van der Waals surface area contributed by atoms with Crippen LogP contribution in [-0.2, 0) is 9.59 Å². The van der Waals surface area contributed by atoms with Crippen LogP contribution in [0.3, 0.4) is 0 Å². The first-order valence-electron chi connectivity index (χ1n) is 7.02. The number of nitrogens with one attached hydrogen (secondary N) is 1. The van der Waals surface area contributed by atoms with Crippen molar-refractivity contribution in [2.24, 2.45) is 17.6 Å². The summed E-state index contributed by atoms with van der Waals surface area (Å²) in [6, 6.07) is -0.424. The second kappa shape index (κ2) is 8.91. The lowest BCUT2D eigenvalue weighted by Crippen LogP contribution is -2.45. The first-order valence-corrected chi connectivity index (χ1v) is 7.02. The van der Waals surface area contributed by atoms with Crippen molar-refractivity contribution >= 4 is 11.9 Å². The van der Waals surface area contributed by atoms with Crippen LogP contribution in [0, 0.1) is 11.8 Å². The zero-order valence-electron chi connectivity index (χ0n) is 12.5. The van der Waals surface area contributed by atoms with Gasteiger partial charge in [0, 0.05) is 6.04 Å². The third-order valence-electron chi connectivity index (χ3n) is 3.15. The number of nitrogens with two attached hydrogens (primary N) is 1. The van der Waals surface area contributed by atoms with Gasteiger partial charge in [-0.15, -0.1) is 0 Å². The summed E-state index contributed by atoms with van der Waals surface area (Å²) in [4.78, 5) is 22.4. The van der Waals surface area contributed by atoms with Crippen molar-refractivity contribution < 1.29 is 14.7 Å². The molecule has 0 saturated heterocycles. The molecule has 0 radical (unpaired) electrons. The number of carbonyl (C=O) groups is 2. The van der Waals surface area contributed by atoms with Crippen LogP contribution in [0.4, 0.5) is 0 Å². The second-order valence-electron chi connectivity index (χ2n) is 5.82. The fourth-order valence-corrected chi connectivity index (χ4v) is 1.89. The van der Waals surface area contributed by atoms with Gasteiger partial charge in [0.25, 0.3) is 0 Å². The molecule has 0 saturated carbocycles. The van der Waals surface area contributed by atoms with Crippen LogP contribution in [-0.4, -0.2) is 29.1 Å². The Kier molecular flexibility index (Phi) is 8.39. The Balaban J connectivity index is 3.88. The van der Waals surface area contributed by atoms with Gasteiger partial charge in [-0.25, -0.2) is 0 Å². The summed E-state index contributed by atoms with van der Waals surface area (Å²) in [6.45, 7) is 7.68. The van der Waals surface area contributed by atoms with E-state index in [0.717, 1.165) is 12.8 Å². The number of hydrogen-bond acceptors (Lipinski definition) is 3. The molecule has 0 aromatic rings. The number of aliphatic carboxylic acids is 1. The highest BCUT2D eigenvalue weighted by Gasteiger charge is 2.17. The fourth-order valence-electron chi connectivity index (χ4n) is 1.89. The molecule has 0 aliphatic rings. The molecule has 4 N–H and O–H groups in total. The van der Waals surface area contributed by atoms with Gasteiger partial charge in [-0.05, 0) is 32.1 Å². The lowest BCUT2D eigenvalue weighted by molar-refractivity contribution is -0.141. The van der Waals surface area contributed by atoms with Crippen molar-refractivity contribution in [3.05, 3.63) is 0 Å². The summed E-state index contributed by atoms with van der Waals surface area (Å²) < 4.78 is 0. The van der Waals surface area contributed by atoms with Crippen LogP contribution in [0.15, 0.2) is 0 Å². The Bertz CT molecular complexity index is 292. The molecular weight excluding hydrogens is 244 g/mol. The van der Waals surface area contributed by atoms with Crippen LogP contribution in [0.5, 0.6) is 0 Å². The molecular formula is C14H28N2O3. The SMILES string of the molecule is CC(C)C[C@H](N)C(=O)NC(C)CCCC(C)C(=O)O. The van der Waals surface area contributed by atoms with Crippen molar-refractivity contribution in [1.29, 1.82) is 0 Å². The molecule has 112 valence electrons. The molecule has 2 unspecified atom stereocenters. The molecule has 0 aliphatic heterocycles. The minimum Gasteiger partial charge on any atom is -0.481 e. The van der Waals surface area contributed by atoms with Gasteiger partial charge < -0.3 is 16.2 Å². The van der Waals surface area contributed by atoms with Gasteiger partial charge in [0.05, 0.1) is 12.0 Å². The van der Waals surface area contributed by atoms with E-state index in [-0.39, 0.29) is 17.9 Å². The molecule has 0 aliphatic carbocycles. The maximum atomic E-state index is 11.8. The molecule has 0 bridgehead atoms. The van der Waals surface area contributed by atoms with E-state index < -0.39 is 12.0 Å². The van der Waals surface area contributed by atoms with Crippen molar-refractivity contribution in [2.75, 3.05) is 0 Å². The van der Waals surface area contributed by atoms with Crippen molar-refractivity contribution in [1.82, 2.24) is 5.32 Å². The van der Waals surface area contributed by atoms with Crippen LogP contribution < -0.4 is 11.1 Å². The first kappa shape index (κ1) is 17.9. The standard InChI is InChI=1S/C14H28N2O3/c1-9(2)8-12(15)13(17)16-11(4)7-5-6-10(3)14(18)19/h9-12H,5-8,15H2,1-4H3,(H,16,17)(H,18,19)/t10?,11?,12-/m0/s1.